The zero-order valence-electron chi connectivity index (χ0n) is 33.9. The van der Waals surface area contributed by atoms with E-state index < -0.39 is 0 Å². The van der Waals surface area contributed by atoms with Crippen LogP contribution in [-0.4, -0.2) is 0 Å². The van der Waals surface area contributed by atoms with E-state index in [1.165, 1.54) is 83.6 Å². The van der Waals surface area contributed by atoms with Gasteiger partial charge < -0.3 is 9.64 Å². The maximum Gasteiger partial charge on any atom is 0.152 e. The van der Waals surface area contributed by atoms with Gasteiger partial charge in [0.05, 0.1) is 17.1 Å². The molecule has 0 saturated carbocycles. The van der Waals surface area contributed by atoms with Crippen molar-refractivity contribution in [3.63, 3.8) is 0 Å². The molecule has 0 bridgehead atoms. The molecule has 2 nitrogen and oxygen atoms in total. The summed E-state index contributed by atoms with van der Waals surface area (Å²) in [6.07, 6.45) is 0. The molecule has 0 atom stereocenters. The molecule has 0 fully saturated rings. The number of ether oxygens (including phenoxy) is 1. The summed E-state index contributed by atoms with van der Waals surface area (Å²) in [6, 6.07) is 60.5. The Balaban J connectivity index is 1.05. The van der Waals surface area contributed by atoms with Crippen molar-refractivity contribution in [1.29, 1.82) is 0 Å². The minimum Gasteiger partial charge on any atom is -0.453 e. The number of nitrogens with zero attached hydrogens (tertiary/aromatic N) is 1. The molecule has 0 spiro atoms. The topological polar surface area (TPSA) is 12.5 Å². The Bertz CT molecular complexity index is 2820. The van der Waals surface area contributed by atoms with Crippen molar-refractivity contribution in [2.45, 2.75) is 52.4 Å². The lowest BCUT2D eigenvalue weighted by atomic mass is 9.81. The molecule has 3 aliphatic rings. The highest BCUT2D eigenvalue weighted by Crippen LogP contribution is 2.56. The number of fused-ring (bicyclic) bond motifs is 8. The number of hydrogen-bond donors (Lipinski definition) is 0. The summed E-state index contributed by atoms with van der Waals surface area (Å²) in [7, 11) is 0. The van der Waals surface area contributed by atoms with Crippen molar-refractivity contribution < 1.29 is 4.74 Å². The highest BCUT2D eigenvalue weighted by Gasteiger charge is 2.37. The molecule has 1 aliphatic heterocycles. The average Bonchev–Trinajstić information content (AvgIpc) is 3.62. The van der Waals surface area contributed by atoms with Gasteiger partial charge in [-0.3, -0.25) is 0 Å². The van der Waals surface area contributed by atoms with Crippen LogP contribution >= 0.6 is 0 Å². The Morgan fingerprint density at radius 3 is 1.28 bits per heavy atom. The van der Waals surface area contributed by atoms with Gasteiger partial charge in [-0.15, -0.1) is 0 Å². The van der Waals surface area contributed by atoms with E-state index in [9.17, 15) is 0 Å². The number of aryl methyl sites for hydroxylation is 2. The summed E-state index contributed by atoms with van der Waals surface area (Å²) >= 11 is 0. The Hall–Kier alpha value is -6.64. The standard InChI is InChI=1S/C56H45NO/c1-34-28-41(36-14-8-7-9-15-36)29-35(2)54(34)57-50-26-22-39(37-20-24-44-42-16-10-12-18-46(42)55(3,4)48(44)30-37)32-52(50)58-53-33-40(23-27-51(53)57)38-21-25-45-43-17-11-13-19-47(43)56(5,6)49(45)31-38/h7-33H,1-6H3. The van der Waals surface area contributed by atoms with E-state index in [0.29, 0.717) is 0 Å². The first kappa shape index (κ1) is 34.6. The maximum absolute atomic E-state index is 7.05. The fourth-order valence-corrected chi connectivity index (χ4v) is 10.3. The third-order valence-corrected chi connectivity index (χ3v) is 13.3. The van der Waals surface area contributed by atoms with Crippen LogP contribution in [0.15, 0.2) is 164 Å². The van der Waals surface area contributed by atoms with Crippen LogP contribution in [0.25, 0.3) is 55.6 Å². The molecule has 0 N–H and O–H groups in total. The predicted octanol–water partition coefficient (Wildman–Crippen LogP) is 15.5. The third-order valence-electron chi connectivity index (χ3n) is 13.3. The molecule has 0 radical (unpaired) electrons. The second kappa shape index (κ2) is 12.4. The lowest BCUT2D eigenvalue weighted by molar-refractivity contribution is 0.477. The number of rotatable bonds is 4. The zero-order valence-corrected chi connectivity index (χ0v) is 33.9. The zero-order chi connectivity index (χ0) is 39.5. The van der Waals surface area contributed by atoms with Crippen molar-refractivity contribution in [3.8, 4) is 67.1 Å². The van der Waals surface area contributed by atoms with Crippen LogP contribution in [0, 0.1) is 13.8 Å². The number of benzene rings is 8. The predicted molar refractivity (Wildman–Crippen MR) is 242 cm³/mol. The van der Waals surface area contributed by atoms with Crippen LogP contribution in [0.1, 0.15) is 61.1 Å². The quantitative estimate of drug-likeness (QED) is 0.178. The fourth-order valence-electron chi connectivity index (χ4n) is 10.3. The van der Waals surface area contributed by atoms with Gasteiger partial charge in [0, 0.05) is 10.8 Å². The Labute approximate surface area is 342 Å². The molecule has 1 heterocycles. The minimum absolute atomic E-state index is 0.0741. The first-order valence-electron chi connectivity index (χ1n) is 20.5. The van der Waals surface area contributed by atoms with E-state index in [0.717, 1.165) is 34.0 Å². The molecule has 8 aromatic carbocycles. The van der Waals surface area contributed by atoms with Gasteiger partial charge in [-0.2, -0.15) is 0 Å². The largest absolute Gasteiger partial charge is 0.453 e. The Morgan fingerprint density at radius 2 is 0.776 bits per heavy atom. The first-order chi connectivity index (χ1) is 28.1. The molecule has 58 heavy (non-hydrogen) atoms. The van der Waals surface area contributed by atoms with Crippen LogP contribution < -0.4 is 9.64 Å². The minimum atomic E-state index is -0.0741. The molecule has 2 aliphatic carbocycles. The molecule has 0 amide bonds. The van der Waals surface area contributed by atoms with E-state index in [1.54, 1.807) is 0 Å². The molecule has 11 rings (SSSR count). The normalized spacial score (nSPS) is 14.8. The summed E-state index contributed by atoms with van der Waals surface area (Å²) in [4.78, 5) is 2.42. The van der Waals surface area contributed by atoms with Gasteiger partial charge in [-0.25, -0.2) is 0 Å². The second-order valence-electron chi connectivity index (χ2n) is 17.5. The second-order valence-corrected chi connectivity index (χ2v) is 17.5. The molecule has 0 unspecified atom stereocenters. The van der Waals surface area contributed by atoms with Crippen LogP contribution in [-0.2, 0) is 10.8 Å². The summed E-state index contributed by atoms with van der Waals surface area (Å²) in [5.41, 5.74) is 23.5. The summed E-state index contributed by atoms with van der Waals surface area (Å²) in [5.74, 6) is 1.70. The van der Waals surface area contributed by atoms with Gasteiger partial charge in [-0.05, 0) is 151 Å². The van der Waals surface area contributed by atoms with Gasteiger partial charge in [0.25, 0.3) is 0 Å². The summed E-state index contributed by atoms with van der Waals surface area (Å²) < 4.78 is 7.05. The average molecular weight is 748 g/mol. The number of hydrogen-bond acceptors (Lipinski definition) is 2. The van der Waals surface area contributed by atoms with Crippen molar-refractivity contribution in [2.24, 2.45) is 0 Å². The van der Waals surface area contributed by atoms with Gasteiger partial charge in [-0.1, -0.05) is 143 Å². The molecule has 0 saturated heterocycles. The van der Waals surface area contributed by atoms with E-state index in [-0.39, 0.29) is 10.8 Å². The lowest BCUT2D eigenvalue weighted by Gasteiger charge is -2.35. The van der Waals surface area contributed by atoms with Crippen LogP contribution in [0.3, 0.4) is 0 Å². The molecular formula is C56H45NO. The molecule has 2 heteroatoms. The monoisotopic (exact) mass is 747 g/mol. The van der Waals surface area contributed by atoms with Crippen molar-refractivity contribution in [2.75, 3.05) is 4.90 Å². The van der Waals surface area contributed by atoms with E-state index in [2.05, 4.69) is 210 Å². The lowest BCUT2D eigenvalue weighted by Crippen LogP contribution is -2.18. The van der Waals surface area contributed by atoms with Gasteiger partial charge in [0.2, 0.25) is 0 Å². The molecular weight excluding hydrogens is 703 g/mol. The highest BCUT2D eigenvalue weighted by molar-refractivity contribution is 5.93. The van der Waals surface area contributed by atoms with Gasteiger partial charge >= 0.3 is 0 Å². The van der Waals surface area contributed by atoms with Crippen LogP contribution in [0.4, 0.5) is 17.1 Å². The molecule has 280 valence electrons. The van der Waals surface area contributed by atoms with Gasteiger partial charge in [0.15, 0.2) is 11.5 Å². The molecule has 0 aromatic heterocycles. The van der Waals surface area contributed by atoms with Crippen LogP contribution in [0.2, 0.25) is 0 Å². The van der Waals surface area contributed by atoms with E-state index >= 15 is 0 Å². The van der Waals surface area contributed by atoms with E-state index in [4.69, 9.17) is 4.74 Å². The SMILES string of the molecule is Cc1cc(-c2ccccc2)cc(C)c1N1c2ccc(-c3ccc4c(c3)C(C)(C)c3ccccc3-4)cc2Oc2cc(-c3ccc4c(c3)C(C)(C)c3ccccc3-4)ccc21. The summed E-state index contributed by atoms with van der Waals surface area (Å²) in [5, 5.41) is 0. The van der Waals surface area contributed by atoms with Crippen molar-refractivity contribution in [3.05, 3.63) is 197 Å². The first-order valence-corrected chi connectivity index (χ1v) is 20.5. The van der Waals surface area contributed by atoms with E-state index in [1.807, 2.05) is 0 Å². The van der Waals surface area contributed by atoms with Crippen LogP contribution in [0.5, 0.6) is 11.5 Å². The highest BCUT2D eigenvalue weighted by atomic mass is 16.5. The maximum atomic E-state index is 7.05. The number of anilines is 3. The fraction of sp³-hybridized carbons (Fsp3) is 0.143. The van der Waals surface area contributed by atoms with Gasteiger partial charge in [0.1, 0.15) is 0 Å². The Morgan fingerprint density at radius 1 is 0.362 bits per heavy atom. The van der Waals surface area contributed by atoms with Crippen molar-refractivity contribution in [1.82, 2.24) is 0 Å². The van der Waals surface area contributed by atoms with Crippen molar-refractivity contribution >= 4 is 17.1 Å². The Kier molecular flexibility index (Phi) is 7.41. The molecule has 8 aromatic rings. The third kappa shape index (κ3) is 5.04. The smallest absolute Gasteiger partial charge is 0.152 e. The summed E-state index contributed by atoms with van der Waals surface area (Å²) in [6.45, 7) is 13.9.